The Morgan fingerprint density at radius 2 is 2.12 bits per heavy atom. The van der Waals surface area contributed by atoms with Gasteiger partial charge >= 0.3 is 0 Å². The van der Waals surface area contributed by atoms with E-state index in [0.717, 1.165) is 32.0 Å². The van der Waals surface area contributed by atoms with Crippen LogP contribution in [0.2, 0.25) is 0 Å². The molecule has 1 fully saturated rings. The number of rotatable bonds is 3. The molecule has 0 aromatic carbocycles. The monoisotopic (exact) mass is 239 g/mol. The van der Waals surface area contributed by atoms with E-state index in [-0.39, 0.29) is 0 Å². The second kappa shape index (κ2) is 5.15. The SMILES string of the molecule is Cc1nc(N2CCC(C)CC2)sc1CCN. The molecule has 3 nitrogen and oxygen atoms in total. The van der Waals surface area contributed by atoms with Gasteiger partial charge in [0.2, 0.25) is 0 Å². The minimum absolute atomic E-state index is 0.722. The fraction of sp³-hybridized carbons (Fsp3) is 0.750. The van der Waals surface area contributed by atoms with Crippen molar-refractivity contribution < 1.29 is 0 Å². The van der Waals surface area contributed by atoms with Gasteiger partial charge in [0.15, 0.2) is 5.13 Å². The smallest absolute Gasteiger partial charge is 0.185 e. The van der Waals surface area contributed by atoms with Gasteiger partial charge in [-0.15, -0.1) is 11.3 Å². The zero-order valence-corrected chi connectivity index (χ0v) is 11.0. The summed E-state index contributed by atoms with van der Waals surface area (Å²) in [6.07, 6.45) is 3.56. The highest BCUT2D eigenvalue weighted by molar-refractivity contribution is 7.15. The van der Waals surface area contributed by atoms with E-state index in [4.69, 9.17) is 5.73 Å². The summed E-state index contributed by atoms with van der Waals surface area (Å²) in [4.78, 5) is 8.45. The van der Waals surface area contributed by atoms with Crippen LogP contribution in [0.4, 0.5) is 5.13 Å². The first-order chi connectivity index (χ1) is 7.70. The second-order valence-electron chi connectivity index (χ2n) is 4.71. The molecule has 0 aliphatic carbocycles. The van der Waals surface area contributed by atoms with Gasteiger partial charge in [-0.1, -0.05) is 6.92 Å². The van der Waals surface area contributed by atoms with Crippen LogP contribution in [0.3, 0.4) is 0 Å². The Balaban J connectivity index is 2.06. The highest BCUT2D eigenvalue weighted by Gasteiger charge is 2.19. The largest absolute Gasteiger partial charge is 0.348 e. The molecule has 1 aromatic rings. The molecule has 1 saturated heterocycles. The first kappa shape index (κ1) is 11.9. The molecule has 2 rings (SSSR count). The number of aryl methyl sites for hydroxylation is 1. The molecule has 0 amide bonds. The third kappa shape index (κ3) is 2.55. The second-order valence-corrected chi connectivity index (χ2v) is 5.78. The average Bonchev–Trinajstić information content (AvgIpc) is 2.62. The lowest BCUT2D eigenvalue weighted by atomic mass is 10.00. The molecule has 4 heteroatoms. The Morgan fingerprint density at radius 1 is 1.44 bits per heavy atom. The highest BCUT2D eigenvalue weighted by atomic mass is 32.1. The van der Waals surface area contributed by atoms with E-state index in [1.54, 1.807) is 0 Å². The summed E-state index contributed by atoms with van der Waals surface area (Å²) in [5, 5.41) is 1.20. The quantitative estimate of drug-likeness (QED) is 0.879. The predicted octanol–water partition coefficient (Wildman–Crippen LogP) is 2.19. The summed E-state index contributed by atoms with van der Waals surface area (Å²) in [6.45, 7) is 7.48. The van der Waals surface area contributed by atoms with Gasteiger partial charge < -0.3 is 10.6 Å². The van der Waals surface area contributed by atoms with E-state index in [1.807, 2.05) is 11.3 Å². The van der Waals surface area contributed by atoms with Crippen molar-refractivity contribution >= 4 is 16.5 Å². The number of nitrogens with zero attached hydrogens (tertiary/aromatic N) is 2. The number of nitrogens with two attached hydrogens (primary N) is 1. The number of anilines is 1. The fourth-order valence-electron chi connectivity index (χ4n) is 2.11. The van der Waals surface area contributed by atoms with Crippen LogP contribution in [0.15, 0.2) is 0 Å². The van der Waals surface area contributed by atoms with Gasteiger partial charge in [-0.2, -0.15) is 0 Å². The molecular weight excluding hydrogens is 218 g/mol. The van der Waals surface area contributed by atoms with Gasteiger partial charge in [0.25, 0.3) is 0 Å². The van der Waals surface area contributed by atoms with Crippen LogP contribution in [0.25, 0.3) is 0 Å². The highest BCUT2D eigenvalue weighted by Crippen LogP contribution is 2.29. The number of hydrogen-bond donors (Lipinski definition) is 1. The molecule has 0 bridgehead atoms. The molecule has 16 heavy (non-hydrogen) atoms. The van der Waals surface area contributed by atoms with Crippen molar-refractivity contribution in [1.29, 1.82) is 0 Å². The van der Waals surface area contributed by atoms with E-state index < -0.39 is 0 Å². The molecule has 2 N–H and O–H groups in total. The molecule has 2 heterocycles. The van der Waals surface area contributed by atoms with Crippen LogP contribution in [0.1, 0.15) is 30.3 Å². The topological polar surface area (TPSA) is 42.2 Å². The van der Waals surface area contributed by atoms with Gasteiger partial charge in [0, 0.05) is 18.0 Å². The van der Waals surface area contributed by atoms with Crippen molar-refractivity contribution in [3.8, 4) is 0 Å². The van der Waals surface area contributed by atoms with Crippen molar-refractivity contribution in [2.45, 2.75) is 33.1 Å². The predicted molar refractivity (Wildman–Crippen MR) is 70.2 cm³/mol. The molecule has 1 aliphatic rings. The Labute approximate surface area is 102 Å². The minimum atomic E-state index is 0.722. The van der Waals surface area contributed by atoms with E-state index in [2.05, 4.69) is 23.7 Å². The van der Waals surface area contributed by atoms with Crippen molar-refractivity contribution in [3.05, 3.63) is 10.6 Å². The first-order valence-electron chi connectivity index (χ1n) is 6.12. The maximum atomic E-state index is 5.60. The van der Waals surface area contributed by atoms with Crippen LogP contribution in [-0.2, 0) is 6.42 Å². The van der Waals surface area contributed by atoms with E-state index >= 15 is 0 Å². The summed E-state index contributed by atoms with van der Waals surface area (Å²) in [5.41, 5.74) is 6.77. The molecule has 0 radical (unpaired) electrons. The van der Waals surface area contributed by atoms with E-state index in [9.17, 15) is 0 Å². The lowest BCUT2D eigenvalue weighted by Crippen LogP contribution is -2.32. The van der Waals surface area contributed by atoms with Crippen LogP contribution in [0, 0.1) is 12.8 Å². The Bertz CT molecular complexity index is 340. The van der Waals surface area contributed by atoms with Crippen molar-refractivity contribution in [1.82, 2.24) is 4.98 Å². The maximum absolute atomic E-state index is 5.60. The van der Waals surface area contributed by atoms with Gasteiger partial charge in [0.1, 0.15) is 0 Å². The summed E-state index contributed by atoms with van der Waals surface area (Å²) >= 11 is 1.83. The fourth-order valence-corrected chi connectivity index (χ4v) is 3.24. The maximum Gasteiger partial charge on any atom is 0.185 e. The minimum Gasteiger partial charge on any atom is -0.348 e. The molecule has 1 aromatic heterocycles. The molecule has 90 valence electrons. The molecule has 1 aliphatic heterocycles. The number of thiazole rings is 1. The van der Waals surface area contributed by atoms with Gasteiger partial charge in [-0.25, -0.2) is 4.98 Å². The molecule has 0 atom stereocenters. The third-order valence-electron chi connectivity index (χ3n) is 3.31. The normalized spacial score (nSPS) is 18.1. The molecular formula is C12H21N3S. The summed E-state index contributed by atoms with van der Waals surface area (Å²) in [5.74, 6) is 0.876. The number of piperidine rings is 1. The van der Waals surface area contributed by atoms with Gasteiger partial charge in [0.05, 0.1) is 5.69 Å². The average molecular weight is 239 g/mol. The van der Waals surface area contributed by atoms with Crippen molar-refractivity contribution in [3.63, 3.8) is 0 Å². The number of aromatic nitrogens is 1. The standard InChI is InChI=1S/C12H21N3S/c1-9-4-7-15(8-5-9)12-14-10(2)11(16-12)3-6-13/h9H,3-8,13H2,1-2H3. The van der Waals surface area contributed by atoms with Crippen LogP contribution < -0.4 is 10.6 Å². The Kier molecular flexibility index (Phi) is 3.82. The Hall–Kier alpha value is -0.610. The van der Waals surface area contributed by atoms with Crippen molar-refractivity contribution in [2.24, 2.45) is 11.7 Å². The zero-order chi connectivity index (χ0) is 11.5. The molecule has 0 unspecified atom stereocenters. The lowest BCUT2D eigenvalue weighted by molar-refractivity contribution is 0.438. The Morgan fingerprint density at radius 3 is 2.75 bits per heavy atom. The van der Waals surface area contributed by atoms with E-state index in [1.165, 1.54) is 28.5 Å². The first-order valence-corrected chi connectivity index (χ1v) is 6.93. The van der Waals surface area contributed by atoms with Crippen molar-refractivity contribution in [2.75, 3.05) is 24.5 Å². The van der Waals surface area contributed by atoms with Crippen LogP contribution in [0.5, 0.6) is 0 Å². The molecule has 0 saturated carbocycles. The number of hydrogen-bond acceptors (Lipinski definition) is 4. The summed E-state index contributed by atoms with van der Waals surface area (Å²) in [6, 6.07) is 0. The lowest BCUT2D eigenvalue weighted by Gasteiger charge is -2.29. The summed E-state index contributed by atoms with van der Waals surface area (Å²) < 4.78 is 0. The van der Waals surface area contributed by atoms with E-state index in [0.29, 0.717) is 0 Å². The van der Waals surface area contributed by atoms with Crippen LogP contribution >= 0.6 is 11.3 Å². The van der Waals surface area contributed by atoms with Gasteiger partial charge in [-0.3, -0.25) is 0 Å². The zero-order valence-electron chi connectivity index (χ0n) is 10.2. The van der Waals surface area contributed by atoms with Gasteiger partial charge in [-0.05, 0) is 38.6 Å². The summed E-state index contributed by atoms with van der Waals surface area (Å²) in [7, 11) is 0. The molecule has 0 spiro atoms. The van der Waals surface area contributed by atoms with Crippen LogP contribution in [-0.4, -0.2) is 24.6 Å². The third-order valence-corrected chi connectivity index (χ3v) is 4.58.